The highest BCUT2D eigenvalue weighted by Gasteiger charge is 2.43. The van der Waals surface area contributed by atoms with Crippen molar-refractivity contribution in [1.82, 2.24) is 20.1 Å². The minimum atomic E-state index is -3.11. The van der Waals surface area contributed by atoms with Crippen LogP contribution < -0.4 is 10.6 Å². The number of anilines is 2. The first kappa shape index (κ1) is 35.3. The maximum atomic E-state index is 15.4. The SMILES string of the molecule is CC(C)(C)NC(=O)OC1CC(CC(F)(F)c2cc(Nc3cc([C@H]4CC[C@@H](O[Si](C)(C)C(C)(C)C)C4)nn3C(C)(C)C)ccn2)C1. The molecule has 45 heavy (non-hydrogen) atoms. The summed E-state index contributed by atoms with van der Waals surface area (Å²) in [6.07, 6.45) is 4.27. The first-order valence-electron chi connectivity index (χ1n) is 16.4. The number of pyridine rings is 1. The van der Waals surface area contributed by atoms with Crippen LogP contribution in [0.1, 0.15) is 118 Å². The van der Waals surface area contributed by atoms with E-state index in [2.05, 4.69) is 76.3 Å². The zero-order chi connectivity index (χ0) is 33.6. The number of halogens is 2. The van der Waals surface area contributed by atoms with Crippen LogP contribution in [0.4, 0.5) is 25.1 Å². The van der Waals surface area contributed by atoms with Crippen LogP contribution in [-0.2, 0) is 20.6 Å². The Morgan fingerprint density at radius 3 is 2.27 bits per heavy atom. The second-order valence-corrected chi connectivity index (χ2v) is 21.5. The Kier molecular flexibility index (Phi) is 9.88. The van der Waals surface area contributed by atoms with Gasteiger partial charge in [-0.2, -0.15) is 13.9 Å². The number of carbonyl (C=O) groups excluding carboxylic acids is 1. The van der Waals surface area contributed by atoms with Gasteiger partial charge in [-0.25, -0.2) is 9.48 Å². The van der Waals surface area contributed by atoms with Gasteiger partial charge >= 0.3 is 6.09 Å². The van der Waals surface area contributed by atoms with E-state index in [1.807, 2.05) is 25.5 Å². The number of ether oxygens (including phenoxy) is 1. The molecule has 2 aromatic heterocycles. The third-order valence-corrected chi connectivity index (χ3v) is 13.9. The van der Waals surface area contributed by atoms with Crippen molar-refractivity contribution in [3.63, 3.8) is 0 Å². The zero-order valence-electron chi connectivity index (χ0n) is 29.2. The van der Waals surface area contributed by atoms with Crippen molar-refractivity contribution in [2.24, 2.45) is 5.92 Å². The fourth-order valence-corrected chi connectivity index (χ4v) is 7.26. The van der Waals surface area contributed by atoms with Gasteiger partial charge in [0.2, 0.25) is 0 Å². The van der Waals surface area contributed by atoms with Gasteiger partial charge in [0.25, 0.3) is 5.92 Å². The third kappa shape index (κ3) is 9.05. The Balaban J connectivity index is 1.41. The zero-order valence-corrected chi connectivity index (χ0v) is 30.2. The average Bonchev–Trinajstić information content (AvgIpc) is 3.47. The van der Waals surface area contributed by atoms with Crippen molar-refractivity contribution < 1.29 is 22.7 Å². The van der Waals surface area contributed by atoms with Gasteiger partial charge in [-0.3, -0.25) is 4.98 Å². The monoisotopic (exact) mass is 647 g/mol. The number of rotatable bonds is 9. The summed E-state index contributed by atoms with van der Waals surface area (Å²) in [5, 5.41) is 11.3. The molecule has 1 amide bonds. The molecule has 0 aliphatic heterocycles. The minimum Gasteiger partial charge on any atom is -0.446 e. The average molecular weight is 648 g/mol. The van der Waals surface area contributed by atoms with Crippen molar-refractivity contribution in [3.05, 3.63) is 35.8 Å². The van der Waals surface area contributed by atoms with Crippen molar-refractivity contribution in [1.29, 1.82) is 0 Å². The minimum absolute atomic E-state index is 0.162. The number of nitrogens with zero attached hydrogens (tertiary/aromatic N) is 3. The highest BCUT2D eigenvalue weighted by Crippen LogP contribution is 2.44. The van der Waals surface area contributed by atoms with Crippen molar-refractivity contribution >= 4 is 25.9 Å². The van der Waals surface area contributed by atoms with Gasteiger partial charge in [0, 0.05) is 41.9 Å². The molecule has 0 saturated heterocycles. The summed E-state index contributed by atoms with van der Waals surface area (Å²) in [5.74, 6) is -2.30. The van der Waals surface area contributed by atoms with E-state index in [0.29, 0.717) is 18.5 Å². The molecule has 0 radical (unpaired) electrons. The predicted molar refractivity (Wildman–Crippen MR) is 178 cm³/mol. The smallest absolute Gasteiger partial charge is 0.407 e. The topological polar surface area (TPSA) is 90.3 Å². The molecule has 2 N–H and O–H groups in total. The lowest BCUT2D eigenvalue weighted by molar-refractivity contribution is -0.0695. The first-order valence-corrected chi connectivity index (χ1v) is 19.3. The van der Waals surface area contributed by atoms with Crippen LogP contribution in [0.2, 0.25) is 18.1 Å². The summed E-state index contributed by atoms with van der Waals surface area (Å²) in [5.41, 5.74) is 0.541. The molecule has 4 rings (SSSR count). The number of nitrogens with one attached hydrogen (secondary N) is 2. The second-order valence-electron chi connectivity index (χ2n) is 16.8. The molecule has 0 unspecified atom stereocenters. The summed E-state index contributed by atoms with van der Waals surface area (Å²) < 4.78 is 44.9. The van der Waals surface area contributed by atoms with Crippen LogP contribution in [0.3, 0.4) is 0 Å². The lowest BCUT2D eigenvalue weighted by atomic mass is 9.78. The quantitative estimate of drug-likeness (QED) is 0.264. The maximum absolute atomic E-state index is 15.4. The van der Waals surface area contributed by atoms with Crippen molar-refractivity contribution in [2.45, 2.75) is 154 Å². The van der Waals surface area contributed by atoms with E-state index in [4.69, 9.17) is 14.3 Å². The van der Waals surface area contributed by atoms with Gasteiger partial charge in [0.05, 0.1) is 11.2 Å². The number of hydrogen-bond acceptors (Lipinski definition) is 6. The van der Waals surface area contributed by atoms with Crippen molar-refractivity contribution in [2.75, 3.05) is 5.32 Å². The van der Waals surface area contributed by atoms with E-state index in [-0.39, 0.29) is 46.7 Å². The standard InChI is InChI=1S/C34H55F2N5O3Si/c1-31(2,3)39-30(42)43-26-16-22(17-26)21-34(35,36)28-19-24(14-15-37-28)38-29-20-27(40-41(29)32(4,5)6)23-12-13-25(18-23)44-45(10,11)33(7,8)9/h14-15,19-20,22-23,25-26H,12-13,16-18,21H2,1-11H3,(H,37,38)(H,39,42)/t22?,23-,25+,26?/m0/s1. The predicted octanol–water partition coefficient (Wildman–Crippen LogP) is 9.22. The van der Waals surface area contributed by atoms with Crippen LogP contribution in [0.15, 0.2) is 24.4 Å². The Bertz CT molecular complexity index is 1340. The highest BCUT2D eigenvalue weighted by molar-refractivity contribution is 6.74. The number of alkyl carbamates (subject to hydrolysis) is 1. The largest absolute Gasteiger partial charge is 0.446 e. The fraction of sp³-hybridized carbons (Fsp3) is 0.735. The Labute approximate surface area is 269 Å². The molecular weight excluding hydrogens is 592 g/mol. The van der Waals surface area contributed by atoms with Gasteiger partial charge < -0.3 is 19.8 Å². The lowest BCUT2D eigenvalue weighted by Gasteiger charge is -2.38. The summed E-state index contributed by atoms with van der Waals surface area (Å²) >= 11 is 0. The number of aromatic nitrogens is 3. The van der Waals surface area contributed by atoms with E-state index in [9.17, 15) is 4.79 Å². The van der Waals surface area contributed by atoms with Gasteiger partial charge in [0.1, 0.15) is 17.6 Å². The normalized spacial score (nSPS) is 23.0. The van der Waals surface area contributed by atoms with Crippen LogP contribution in [0, 0.1) is 5.92 Å². The Morgan fingerprint density at radius 2 is 1.67 bits per heavy atom. The molecule has 8 nitrogen and oxygen atoms in total. The molecule has 2 heterocycles. The Hall–Kier alpha value is -2.53. The highest BCUT2D eigenvalue weighted by atomic mass is 28.4. The van der Waals surface area contributed by atoms with Crippen LogP contribution in [0.5, 0.6) is 0 Å². The van der Waals surface area contributed by atoms with Crippen molar-refractivity contribution in [3.8, 4) is 0 Å². The molecule has 0 bridgehead atoms. The molecule has 11 heteroatoms. The summed E-state index contributed by atoms with van der Waals surface area (Å²) in [6.45, 7) is 23.2. The summed E-state index contributed by atoms with van der Waals surface area (Å²) in [7, 11) is -1.86. The van der Waals surface area contributed by atoms with E-state index >= 15 is 8.78 Å². The molecule has 0 aromatic carbocycles. The molecule has 2 aliphatic carbocycles. The van der Waals surface area contributed by atoms with Gasteiger partial charge in [-0.05, 0) is 110 Å². The van der Waals surface area contributed by atoms with Gasteiger partial charge in [-0.15, -0.1) is 0 Å². The molecule has 2 atom stereocenters. The number of amides is 1. The first-order chi connectivity index (χ1) is 20.5. The molecule has 2 saturated carbocycles. The number of carbonyl (C=O) groups is 1. The number of hydrogen-bond donors (Lipinski definition) is 2. The second kappa shape index (κ2) is 12.6. The summed E-state index contributed by atoms with van der Waals surface area (Å²) in [6, 6.07) is 5.20. The number of alkyl halides is 2. The Morgan fingerprint density at radius 1 is 1.00 bits per heavy atom. The molecular formula is C34H55F2N5O3Si. The third-order valence-electron chi connectivity index (χ3n) is 9.33. The van der Waals surface area contributed by atoms with E-state index in [1.54, 1.807) is 6.07 Å². The maximum Gasteiger partial charge on any atom is 0.407 e. The van der Waals surface area contributed by atoms with Crippen LogP contribution in [-0.4, -0.2) is 46.9 Å². The van der Waals surface area contributed by atoms with Crippen LogP contribution >= 0.6 is 0 Å². The summed E-state index contributed by atoms with van der Waals surface area (Å²) in [4.78, 5) is 16.1. The molecule has 2 aromatic rings. The fourth-order valence-electron chi connectivity index (χ4n) is 5.86. The molecule has 252 valence electrons. The molecule has 0 spiro atoms. The van der Waals surface area contributed by atoms with E-state index < -0.39 is 25.9 Å². The van der Waals surface area contributed by atoms with Gasteiger partial charge in [0.15, 0.2) is 8.32 Å². The van der Waals surface area contributed by atoms with Crippen LogP contribution in [0.25, 0.3) is 0 Å². The van der Waals surface area contributed by atoms with E-state index in [0.717, 1.165) is 30.8 Å². The van der Waals surface area contributed by atoms with E-state index in [1.165, 1.54) is 12.3 Å². The molecule has 2 fully saturated rings. The lowest BCUT2D eigenvalue weighted by Crippen LogP contribution is -2.45. The van der Waals surface area contributed by atoms with Gasteiger partial charge in [-0.1, -0.05) is 20.8 Å². The molecule has 2 aliphatic rings.